The third kappa shape index (κ3) is 4.05. The molecule has 3 aromatic rings. The first-order valence-electron chi connectivity index (χ1n) is 7.54. The summed E-state index contributed by atoms with van der Waals surface area (Å²) >= 11 is 1.24. The standard InChI is InChI=1S/C17H13F3N4OS/c1-10(11-3-2-4-12(7-11)17(18,19)20)23-15(25)14-9-26-16(24-14)13-8-21-5-6-22-13/h2-10H,1H3,(H,23,25)/t10-/m1/s1. The minimum atomic E-state index is -4.43. The summed E-state index contributed by atoms with van der Waals surface area (Å²) in [5.41, 5.74) is 0.323. The largest absolute Gasteiger partial charge is 0.416 e. The van der Waals surface area contributed by atoms with Gasteiger partial charge in [0, 0.05) is 17.8 Å². The van der Waals surface area contributed by atoms with Crippen LogP contribution in [0.4, 0.5) is 13.2 Å². The number of aromatic nitrogens is 3. The number of hydrogen-bond acceptors (Lipinski definition) is 5. The molecule has 2 heterocycles. The van der Waals surface area contributed by atoms with Crippen molar-refractivity contribution in [3.63, 3.8) is 0 Å². The summed E-state index contributed by atoms with van der Waals surface area (Å²) in [6.07, 6.45) is 0.152. The first-order chi connectivity index (χ1) is 12.3. The molecule has 0 aliphatic carbocycles. The molecule has 0 saturated carbocycles. The molecule has 1 N–H and O–H groups in total. The van der Waals surface area contributed by atoms with Crippen LogP contribution in [0.2, 0.25) is 0 Å². The number of halogens is 3. The molecular weight excluding hydrogens is 365 g/mol. The fourth-order valence-electron chi connectivity index (χ4n) is 2.24. The molecule has 0 aliphatic heterocycles. The van der Waals surface area contributed by atoms with Gasteiger partial charge in [-0.25, -0.2) is 4.98 Å². The molecule has 9 heteroatoms. The summed E-state index contributed by atoms with van der Waals surface area (Å²) in [7, 11) is 0. The molecule has 2 aromatic heterocycles. The Kier molecular flexibility index (Phi) is 4.99. The third-order valence-corrected chi connectivity index (χ3v) is 4.45. The molecule has 0 bridgehead atoms. The van der Waals surface area contributed by atoms with Crippen LogP contribution in [0.25, 0.3) is 10.7 Å². The molecule has 0 spiro atoms. The molecule has 134 valence electrons. The van der Waals surface area contributed by atoms with Crippen LogP contribution in [0.15, 0.2) is 48.2 Å². The summed E-state index contributed by atoms with van der Waals surface area (Å²) < 4.78 is 38.4. The number of nitrogens with one attached hydrogen (secondary N) is 1. The Morgan fingerprint density at radius 1 is 1.27 bits per heavy atom. The molecule has 1 aromatic carbocycles. The fourth-order valence-corrected chi connectivity index (χ4v) is 3.00. The molecule has 3 rings (SSSR count). The summed E-state index contributed by atoms with van der Waals surface area (Å²) in [6.45, 7) is 1.61. The third-order valence-electron chi connectivity index (χ3n) is 3.58. The SMILES string of the molecule is C[C@@H](NC(=O)c1csc(-c2cnccn2)n1)c1cccc(C(F)(F)F)c1. The van der Waals surface area contributed by atoms with Crippen molar-refractivity contribution < 1.29 is 18.0 Å². The smallest absolute Gasteiger partial charge is 0.344 e. The number of thiazole rings is 1. The fraction of sp³-hybridized carbons (Fsp3) is 0.176. The van der Waals surface area contributed by atoms with E-state index < -0.39 is 23.7 Å². The average Bonchev–Trinajstić information content (AvgIpc) is 3.12. The first kappa shape index (κ1) is 18.0. The van der Waals surface area contributed by atoms with Crippen LogP contribution in [0.3, 0.4) is 0 Å². The number of hydrogen-bond donors (Lipinski definition) is 1. The van der Waals surface area contributed by atoms with Crippen molar-refractivity contribution in [2.24, 2.45) is 0 Å². The maximum absolute atomic E-state index is 12.8. The zero-order valence-electron chi connectivity index (χ0n) is 13.5. The quantitative estimate of drug-likeness (QED) is 0.742. The van der Waals surface area contributed by atoms with E-state index in [1.165, 1.54) is 42.1 Å². The molecule has 26 heavy (non-hydrogen) atoms. The molecule has 0 fully saturated rings. The lowest BCUT2D eigenvalue weighted by molar-refractivity contribution is -0.137. The van der Waals surface area contributed by atoms with E-state index >= 15 is 0 Å². The lowest BCUT2D eigenvalue weighted by Crippen LogP contribution is -2.27. The summed E-state index contributed by atoms with van der Waals surface area (Å²) in [5.74, 6) is -0.471. The van der Waals surface area contributed by atoms with Gasteiger partial charge in [-0.05, 0) is 24.6 Å². The van der Waals surface area contributed by atoms with Crippen molar-refractivity contribution in [1.29, 1.82) is 0 Å². The van der Waals surface area contributed by atoms with E-state index in [0.29, 0.717) is 16.3 Å². The van der Waals surface area contributed by atoms with E-state index in [9.17, 15) is 18.0 Å². The topological polar surface area (TPSA) is 67.8 Å². The van der Waals surface area contributed by atoms with Crippen LogP contribution in [0.5, 0.6) is 0 Å². The highest BCUT2D eigenvalue weighted by Gasteiger charge is 2.30. The van der Waals surface area contributed by atoms with Gasteiger partial charge in [0.25, 0.3) is 5.91 Å². The number of benzene rings is 1. The lowest BCUT2D eigenvalue weighted by atomic mass is 10.0. The maximum Gasteiger partial charge on any atom is 0.416 e. The van der Waals surface area contributed by atoms with Gasteiger partial charge in [-0.1, -0.05) is 12.1 Å². The predicted molar refractivity (Wildman–Crippen MR) is 90.5 cm³/mol. The number of carbonyl (C=O) groups is 1. The van der Waals surface area contributed by atoms with Crippen molar-refractivity contribution in [1.82, 2.24) is 20.3 Å². The number of amides is 1. The van der Waals surface area contributed by atoms with Crippen molar-refractivity contribution in [3.05, 3.63) is 65.1 Å². The second-order valence-electron chi connectivity index (χ2n) is 5.45. The maximum atomic E-state index is 12.8. The predicted octanol–water partition coefficient (Wildman–Crippen LogP) is 4.11. The average molecular weight is 378 g/mol. The summed E-state index contributed by atoms with van der Waals surface area (Å²) in [4.78, 5) is 24.6. The van der Waals surface area contributed by atoms with Crippen LogP contribution < -0.4 is 5.32 Å². The van der Waals surface area contributed by atoms with Gasteiger partial charge in [0.2, 0.25) is 0 Å². The van der Waals surface area contributed by atoms with Crippen LogP contribution in [0.1, 0.15) is 34.6 Å². The van der Waals surface area contributed by atoms with Gasteiger partial charge in [-0.15, -0.1) is 11.3 Å². The van der Waals surface area contributed by atoms with E-state index in [-0.39, 0.29) is 5.69 Å². The molecule has 5 nitrogen and oxygen atoms in total. The highest BCUT2D eigenvalue weighted by molar-refractivity contribution is 7.13. The zero-order valence-corrected chi connectivity index (χ0v) is 14.3. The Labute approximate surface area is 151 Å². The molecule has 1 atom stereocenters. The van der Waals surface area contributed by atoms with Crippen LogP contribution in [0, 0.1) is 0 Å². The van der Waals surface area contributed by atoms with Gasteiger partial charge in [-0.2, -0.15) is 13.2 Å². The van der Waals surface area contributed by atoms with Crippen molar-refractivity contribution in [3.8, 4) is 10.7 Å². The number of carbonyl (C=O) groups excluding carboxylic acids is 1. The normalized spacial score (nSPS) is 12.6. The van der Waals surface area contributed by atoms with Crippen molar-refractivity contribution in [2.75, 3.05) is 0 Å². The highest BCUT2D eigenvalue weighted by atomic mass is 32.1. The first-order valence-corrected chi connectivity index (χ1v) is 8.42. The van der Waals surface area contributed by atoms with Gasteiger partial charge >= 0.3 is 6.18 Å². The Balaban J connectivity index is 1.73. The van der Waals surface area contributed by atoms with E-state index in [4.69, 9.17) is 0 Å². The second-order valence-corrected chi connectivity index (χ2v) is 6.31. The second kappa shape index (κ2) is 7.20. The number of nitrogens with zero attached hydrogens (tertiary/aromatic N) is 3. The van der Waals surface area contributed by atoms with Gasteiger partial charge < -0.3 is 5.32 Å². The van der Waals surface area contributed by atoms with Crippen LogP contribution >= 0.6 is 11.3 Å². The minimum Gasteiger partial charge on any atom is -0.344 e. The molecule has 0 saturated heterocycles. The van der Waals surface area contributed by atoms with Crippen LogP contribution in [-0.2, 0) is 6.18 Å². The van der Waals surface area contributed by atoms with E-state index in [2.05, 4.69) is 20.3 Å². The number of alkyl halides is 3. The van der Waals surface area contributed by atoms with E-state index in [0.717, 1.165) is 12.1 Å². The van der Waals surface area contributed by atoms with Crippen LogP contribution in [-0.4, -0.2) is 20.9 Å². The number of rotatable bonds is 4. The van der Waals surface area contributed by atoms with Gasteiger partial charge in [-0.3, -0.25) is 14.8 Å². The molecule has 1 amide bonds. The zero-order chi connectivity index (χ0) is 18.7. The molecular formula is C17H13F3N4OS. The Morgan fingerprint density at radius 3 is 2.77 bits per heavy atom. The van der Waals surface area contributed by atoms with E-state index in [1.807, 2.05) is 0 Å². The monoisotopic (exact) mass is 378 g/mol. The summed E-state index contributed by atoms with van der Waals surface area (Å²) in [6, 6.07) is 4.26. The molecule has 0 aliphatic rings. The minimum absolute atomic E-state index is 0.175. The van der Waals surface area contributed by atoms with Crippen molar-refractivity contribution in [2.45, 2.75) is 19.1 Å². The van der Waals surface area contributed by atoms with E-state index in [1.54, 1.807) is 12.3 Å². The van der Waals surface area contributed by atoms with Crippen molar-refractivity contribution >= 4 is 17.2 Å². The molecule has 0 radical (unpaired) electrons. The van der Waals surface area contributed by atoms with Gasteiger partial charge in [0.15, 0.2) is 0 Å². The molecule has 0 unspecified atom stereocenters. The van der Waals surface area contributed by atoms with Gasteiger partial charge in [0.1, 0.15) is 16.4 Å². The lowest BCUT2D eigenvalue weighted by Gasteiger charge is -2.15. The van der Waals surface area contributed by atoms with Gasteiger partial charge in [0.05, 0.1) is 17.8 Å². The Hall–Kier alpha value is -2.81. The highest BCUT2D eigenvalue weighted by Crippen LogP contribution is 2.30. The Morgan fingerprint density at radius 2 is 2.08 bits per heavy atom. The summed E-state index contributed by atoms with van der Waals surface area (Å²) in [5, 5.41) is 4.76. The Bertz CT molecular complexity index is 912.